The van der Waals surface area contributed by atoms with Crippen LogP contribution in [0.5, 0.6) is 0 Å². The van der Waals surface area contributed by atoms with Gasteiger partial charge in [0.25, 0.3) is 11.8 Å². The molecule has 4 amide bonds. The number of piperazine rings is 1. The zero-order valence-electron chi connectivity index (χ0n) is 16.1. The highest BCUT2D eigenvalue weighted by molar-refractivity contribution is 6.23. The molecule has 4 rings (SSSR count). The van der Waals surface area contributed by atoms with Crippen LogP contribution in [0.15, 0.2) is 18.2 Å². The summed E-state index contributed by atoms with van der Waals surface area (Å²) in [4.78, 5) is 54.8. The molecule has 1 atom stereocenters. The van der Waals surface area contributed by atoms with Crippen LogP contribution >= 0.6 is 0 Å². The molecule has 0 saturated carbocycles. The van der Waals surface area contributed by atoms with Crippen LogP contribution in [0, 0.1) is 0 Å². The first-order chi connectivity index (χ1) is 13.4. The van der Waals surface area contributed by atoms with Gasteiger partial charge in [-0.1, -0.05) is 0 Å². The zero-order valence-corrected chi connectivity index (χ0v) is 16.1. The van der Waals surface area contributed by atoms with E-state index >= 15 is 0 Å². The van der Waals surface area contributed by atoms with Gasteiger partial charge in [0.05, 0.1) is 11.1 Å². The number of amides is 4. The van der Waals surface area contributed by atoms with Crippen LogP contribution in [0.4, 0.5) is 5.69 Å². The van der Waals surface area contributed by atoms with E-state index in [1.165, 1.54) is 0 Å². The molecule has 0 bridgehead atoms. The Morgan fingerprint density at radius 1 is 0.964 bits per heavy atom. The van der Waals surface area contributed by atoms with E-state index < -0.39 is 23.8 Å². The summed E-state index contributed by atoms with van der Waals surface area (Å²) in [5.41, 5.74) is 1.56. The van der Waals surface area contributed by atoms with Crippen molar-refractivity contribution in [3.05, 3.63) is 29.3 Å². The van der Waals surface area contributed by atoms with Crippen molar-refractivity contribution in [3.63, 3.8) is 0 Å². The molecule has 0 radical (unpaired) electrons. The highest BCUT2D eigenvalue weighted by Gasteiger charge is 2.44. The molecule has 3 heterocycles. The van der Waals surface area contributed by atoms with Crippen molar-refractivity contribution in [1.82, 2.24) is 15.1 Å². The number of nitrogens with zero attached hydrogens (tertiary/aromatic N) is 3. The second-order valence-corrected chi connectivity index (χ2v) is 7.79. The highest BCUT2D eigenvalue weighted by atomic mass is 16.2. The number of hydrogen-bond donors (Lipinski definition) is 1. The van der Waals surface area contributed by atoms with E-state index in [-0.39, 0.29) is 18.7 Å². The van der Waals surface area contributed by atoms with Crippen molar-refractivity contribution < 1.29 is 19.2 Å². The van der Waals surface area contributed by atoms with Crippen LogP contribution in [0.1, 0.15) is 47.4 Å². The lowest BCUT2D eigenvalue weighted by molar-refractivity contribution is -0.136. The number of imide groups is 2. The third-order valence-electron chi connectivity index (χ3n) is 5.83. The molecule has 1 unspecified atom stereocenters. The minimum atomic E-state index is -0.928. The number of nitrogens with one attached hydrogen (secondary N) is 1. The summed E-state index contributed by atoms with van der Waals surface area (Å²) in [5.74, 6) is -1.89. The molecule has 0 aliphatic carbocycles. The number of carbonyl (C=O) groups is 4. The van der Waals surface area contributed by atoms with E-state index in [1.807, 2.05) is 6.07 Å². The maximum Gasteiger partial charge on any atom is 0.262 e. The highest BCUT2D eigenvalue weighted by Crippen LogP contribution is 2.31. The van der Waals surface area contributed by atoms with E-state index in [1.54, 1.807) is 12.1 Å². The van der Waals surface area contributed by atoms with Gasteiger partial charge in [-0.2, -0.15) is 0 Å². The number of hydrogen-bond acceptors (Lipinski definition) is 6. The molecule has 2 saturated heterocycles. The number of piperidine rings is 1. The van der Waals surface area contributed by atoms with Crippen LogP contribution in [0.3, 0.4) is 0 Å². The number of anilines is 1. The Morgan fingerprint density at radius 3 is 2.29 bits per heavy atom. The van der Waals surface area contributed by atoms with Crippen molar-refractivity contribution in [2.24, 2.45) is 0 Å². The smallest absolute Gasteiger partial charge is 0.262 e. The number of carbonyl (C=O) groups excluding carboxylic acids is 4. The van der Waals surface area contributed by atoms with Gasteiger partial charge in [-0.15, -0.1) is 0 Å². The van der Waals surface area contributed by atoms with Crippen LogP contribution in [0.25, 0.3) is 0 Å². The van der Waals surface area contributed by atoms with Crippen molar-refractivity contribution in [3.8, 4) is 0 Å². The third-order valence-corrected chi connectivity index (χ3v) is 5.83. The Bertz CT molecular complexity index is 858. The Morgan fingerprint density at radius 2 is 1.64 bits per heavy atom. The molecule has 3 aliphatic heterocycles. The van der Waals surface area contributed by atoms with Crippen molar-refractivity contribution in [2.45, 2.75) is 38.8 Å². The average molecular weight is 384 g/mol. The molecule has 3 aliphatic rings. The molecule has 28 heavy (non-hydrogen) atoms. The van der Waals surface area contributed by atoms with Gasteiger partial charge in [-0.3, -0.25) is 34.3 Å². The summed E-state index contributed by atoms with van der Waals surface area (Å²) < 4.78 is 0. The summed E-state index contributed by atoms with van der Waals surface area (Å²) in [6.07, 6.45) is 0.287. The predicted octanol–water partition coefficient (Wildman–Crippen LogP) is 0.618. The first-order valence-corrected chi connectivity index (χ1v) is 9.71. The molecule has 2 fully saturated rings. The molecule has 148 valence electrons. The molecular weight excluding hydrogens is 360 g/mol. The summed E-state index contributed by atoms with van der Waals surface area (Å²) >= 11 is 0. The normalized spacial score (nSPS) is 23.5. The van der Waals surface area contributed by atoms with E-state index in [0.717, 1.165) is 36.8 Å². The molecular formula is C20H24N4O4. The van der Waals surface area contributed by atoms with E-state index in [2.05, 4.69) is 29.0 Å². The Balaban J connectivity index is 1.55. The average Bonchev–Trinajstić information content (AvgIpc) is 2.92. The molecule has 0 spiro atoms. The van der Waals surface area contributed by atoms with Gasteiger partial charge in [-0.05, 0) is 38.5 Å². The van der Waals surface area contributed by atoms with Crippen LogP contribution in [-0.4, -0.2) is 71.7 Å². The van der Waals surface area contributed by atoms with Gasteiger partial charge in [0.1, 0.15) is 6.04 Å². The van der Waals surface area contributed by atoms with Gasteiger partial charge in [0.2, 0.25) is 11.8 Å². The predicted molar refractivity (Wildman–Crippen MR) is 102 cm³/mol. The monoisotopic (exact) mass is 384 g/mol. The maximum atomic E-state index is 12.9. The van der Waals surface area contributed by atoms with Gasteiger partial charge >= 0.3 is 0 Å². The Kier molecular flexibility index (Phi) is 4.66. The number of benzene rings is 1. The van der Waals surface area contributed by atoms with Gasteiger partial charge in [0.15, 0.2) is 0 Å². The fourth-order valence-electron chi connectivity index (χ4n) is 4.15. The number of fused-ring (bicyclic) bond motifs is 1. The topological polar surface area (TPSA) is 90.0 Å². The molecule has 1 N–H and O–H groups in total. The van der Waals surface area contributed by atoms with Crippen LogP contribution in [0.2, 0.25) is 0 Å². The van der Waals surface area contributed by atoms with Crippen LogP contribution < -0.4 is 10.2 Å². The van der Waals surface area contributed by atoms with E-state index in [0.29, 0.717) is 17.2 Å². The van der Waals surface area contributed by atoms with E-state index in [4.69, 9.17) is 0 Å². The fourth-order valence-corrected chi connectivity index (χ4v) is 4.15. The third kappa shape index (κ3) is 3.07. The van der Waals surface area contributed by atoms with Gasteiger partial charge in [0, 0.05) is 44.3 Å². The zero-order chi connectivity index (χ0) is 20.0. The molecule has 8 nitrogen and oxygen atoms in total. The van der Waals surface area contributed by atoms with Crippen molar-refractivity contribution in [2.75, 3.05) is 31.1 Å². The quantitative estimate of drug-likeness (QED) is 0.769. The Hall–Kier alpha value is -2.74. The van der Waals surface area contributed by atoms with Gasteiger partial charge in [-0.25, -0.2) is 0 Å². The molecule has 1 aromatic rings. The van der Waals surface area contributed by atoms with Crippen molar-refractivity contribution in [1.29, 1.82) is 0 Å². The van der Waals surface area contributed by atoms with E-state index in [9.17, 15) is 19.2 Å². The first kappa shape index (κ1) is 18.6. The SMILES string of the molecule is CC(C)N1CCN(c2ccc3c(c2)C(=O)N(C2CCC(=O)NC2=O)C3=O)CC1. The van der Waals surface area contributed by atoms with Crippen molar-refractivity contribution >= 4 is 29.3 Å². The maximum absolute atomic E-state index is 12.9. The molecule has 0 aromatic heterocycles. The molecule has 8 heteroatoms. The lowest BCUT2D eigenvalue weighted by atomic mass is 10.0. The largest absolute Gasteiger partial charge is 0.369 e. The second kappa shape index (κ2) is 7.01. The Labute approximate surface area is 163 Å². The minimum Gasteiger partial charge on any atom is -0.369 e. The van der Waals surface area contributed by atoms with Crippen LogP contribution in [-0.2, 0) is 9.59 Å². The fraction of sp³-hybridized carbons (Fsp3) is 0.500. The molecule has 1 aromatic carbocycles. The summed E-state index contributed by atoms with van der Waals surface area (Å²) in [7, 11) is 0. The second-order valence-electron chi connectivity index (χ2n) is 7.79. The minimum absolute atomic E-state index is 0.120. The van der Waals surface area contributed by atoms with Gasteiger partial charge < -0.3 is 4.90 Å². The lowest BCUT2D eigenvalue weighted by Gasteiger charge is -2.38. The standard InChI is InChI=1S/C20H24N4O4/c1-12(2)22-7-9-23(10-8-22)13-3-4-14-15(11-13)20(28)24(19(14)27)16-5-6-17(25)21-18(16)26/h3-4,11-12,16H,5-10H2,1-2H3,(H,21,25,26). The summed E-state index contributed by atoms with van der Waals surface area (Å²) in [6, 6.07) is 4.87. The summed E-state index contributed by atoms with van der Waals surface area (Å²) in [6.45, 7) is 7.97. The lowest BCUT2D eigenvalue weighted by Crippen LogP contribution is -2.54. The first-order valence-electron chi connectivity index (χ1n) is 9.71. The number of rotatable bonds is 3. The summed E-state index contributed by atoms with van der Waals surface area (Å²) in [5, 5.41) is 2.21.